The number of pyridine rings is 1. The fraction of sp³-hybridized carbons (Fsp3) is 0.160. The van der Waals surface area contributed by atoms with Crippen LogP contribution in [0.1, 0.15) is 11.1 Å². The molecule has 2 aromatic heterocycles. The van der Waals surface area contributed by atoms with Crippen molar-refractivity contribution in [3.05, 3.63) is 84.3 Å². The summed E-state index contributed by atoms with van der Waals surface area (Å²) in [6, 6.07) is 17.8. The number of carbonyl (C=O) groups is 2. The minimum Gasteiger partial charge on any atom is -0.475 e. The zero-order valence-electron chi connectivity index (χ0n) is 18.9. The molecule has 0 unspecified atom stereocenters. The first-order chi connectivity index (χ1) is 16.5. The number of carboxylic acid groups (broad SMARTS) is 1. The van der Waals surface area contributed by atoms with Crippen LogP contribution in [-0.2, 0) is 23.1 Å². The number of nitrogens with one attached hydrogen (secondary N) is 2. The molecule has 0 fully saturated rings. The highest BCUT2D eigenvalue weighted by atomic mass is 19.4. The van der Waals surface area contributed by atoms with Gasteiger partial charge >= 0.3 is 12.1 Å². The first kappa shape index (κ1) is 25.3. The molecule has 3 N–H and O–H groups in total. The van der Waals surface area contributed by atoms with Crippen LogP contribution in [0.4, 0.5) is 30.2 Å². The van der Waals surface area contributed by atoms with Gasteiger partial charge < -0.3 is 20.3 Å². The summed E-state index contributed by atoms with van der Waals surface area (Å²) in [5, 5.41) is 14.6. The number of para-hydroxylation sites is 1. The third-order valence-electron chi connectivity index (χ3n) is 5.02. The molecule has 182 valence electrons. The van der Waals surface area contributed by atoms with Gasteiger partial charge in [-0.2, -0.15) is 13.2 Å². The number of halogens is 3. The molecule has 0 aliphatic heterocycles. The zero-order valence-corrected chi connectivity index (χ0v) is 18.9. The number of aryl methyl sites for hydroxylation is 2. The van der Waals surface area contributed by atoms with E-state index in [9.17, 15) is 18.0 Å². The molecule has 10 heteroatoms. The number of fused-ring (bicyclic) bond motifs is 1. The molecule has 0 radical (unpaired) electrons. The molecular formula is C25H23F3N4O3. The first-order valence-electron chi connectivity index (χ1n) is 10.4. The van der Waals surface area contributed by atoms with Gasteiger partial charge in [0.05, 0.1) is 18.3 Å². The average molecular weight is 484 g/mol. The number of hydrogen-bond acceptors (Lipinski definition) is 4. The molecule has 7 nitrogen and oxygen atoms in total. The Morgan fingerprint density at radius 3 is 2.40 bits per heavy atom. The second-order valence-corrected chi connectivity index (χ2v) is 7.71. The van der Waals surface area contributed by atoms with Crippen molar-refractivity contribution in [3.8, 4) is 0 Å². The maximum Gasteiger partial charge on any atom is 0.490 e. The highest BCUT2D eigenvalue weighted by Crippen LogP contribution is 2.24. The van der Waals surface area contributed by atoms with E-state index in [1.807, 2.05) is 62.6 Å². The summed E-state index contributed by atoms with van der Waals surface area (Å²) in [6.45, 7) is 2.01. The van der Waals surface area contributed by atoms with E-state index in [2.05, 4.69) is 32.3 Å². The standard InChI is InChI=1S/C23H22N4O.C2HF3O2/c1-16-12-18(9-10-21(16)25-19-6-5-11-24-14-19)26-23(28)13-17-15-27(2)22-8-4-3-7-20(17)22;3-2(4,5)1(6)7/h3-12,14-15,25H,13H2,1-2H3,(H,26,28);(H,6,7). The van der Waals surface area contributed by atoms with E-state index in [1.165, 1.54) is 0 Å². The summed E-state index contributed by atoms with van der Waals surface area (Å²) >= 11 is 0. The Balaban J connectivity index is 0.000000429. The van der Waals surface area contributed by atoms with Crippen LogP contribution in [0.5, 0.6) is 0 Å². The van der Waals surface area contributed by atoms with Gasteiger partial charge in [0.1, 0.15) is 0 Å². The molecule has 2 heterocycles. The Bertz CT molecular complexity index is 1340. The Morgan fingerprint density at radius 2 is 1.77 bits per heavy atom. The van der Waals surface area contributed by atoms with Crippen molar-refractivity contribution < 1.29 is 27.9 Å². The maximum absolute atomic E-state index is 12.6. The molecular weight excluding hydrogens is 461 g/mol. The number of rotatable bonds is 5. The summed E-state index contributed by atoms with van der Waals surface area (Å²) in [4.78, 5) is 25.6. The number of nitrogens with zero attached hydrogens (tertiary/aromatic N) is 2. The van der Waals surface area contributed by atoms with Gasteiger partial charge in [-0.15, -0.1) is 0 Å². The topological polar surface area (TPSA) is 96.3 Å². The fourth-order valence-electron chi connectivity index (χ4n) is 3.42. The molecule has 0 atom stereocenters. The van der Waals surface area contributed by atoms with Crippen LogP contribution in [0.25, 0.3) is 10.9 Å². The average Bonchev–Trinajstić information content (AvgIpc) is 3.11. The van der Waals surface area contributed by atoms with Crippen LogP contribution >= 0.6 is 0 Å². The largest absolute Gasteiger partial charge is 0.490 e. The molecule has 35 heavy (non-hydrogen) atoms. The number of carbonyl (C=O) groups excluding carboxylic acids is 1. The quantitative estimate of drug-likeness (QED) is 0.351. The number of hydrogen-bond donors (Lipinski definition) is 3. The number of aromatic nitrogens is 2. The lowest BCUT2D eigenvalue weighted by Crippen LogP contribution is -2.21. The van der Waals surface area contributed by atoms with Crippen molar-refractivity contribution in [3.63, 3.8) is 0 Å². The Morgan fingerprint density at radius 1 is 1.06 bits per heavy atom. The summed E-state index contributed by atoms with van der Waals surface area (Å²) < 4.78 is 33.8. The normalized spacial score (nSPS) is 10.9. The van der Waals surface area contributed by atoms with Gasteiger partial charge in [0.2, 0.25) is 5.91 Å². The first-order valence-corrected chi connectivity index (χ1v) is 10.4. The number of alkyl halides is 3. The highest BCUT2D eigenvalue weighted by molar-refractivity contribution is 5.96. The van der Waals surface area contributed by atoms with Gasteiger partial charge in [-0.3, -0.25) is 9.78 Å². The molecule has 4 rings (SSSR count). The lowest BCUT2D eigenvalue weighted by molar-refractivity contribution is -0.192. The van der Waals surface area contributed by atoms with E-state index < -0.39 is 12.1 Å². The Labute approximate surface area is 199 Å². The summed E-state index contributed by atoms with van der Waals surface area (Å²) in [6.07, 6.45) is 0.804. The number of amides is 1. The third kappa shape index (κ3) is 6.83. The summed E-state index contributed by atoms with van der Waals surface area (Å²) in [7, 11) is 2.00. The van der Waals surface area contributed by atoms with E-state index in [0.717, 1.165) is 39.1 Å². The molecule has 2 aromatic carbocycles. The minimum absolute atomic E-state index is 0.0243. The van der Waals surface area contributed by atoms with Gasteiger partial charge in [-0.1, -0.05) is 18.2 Å². The van der Waals surface area contributed by atoms with Gasteiger partial charge in [-0.25, -0.2) is 4.79 Å². The molecule has 0 saturated heterocycles. The molecule has 4 aromatic rings. The van der Waals surface area contributed by atoms with Crippen LogP contribution in [-0.4, -0.2) is 32.7 Å². The van der Waals surface area contributed by atoms with Crippen LogP contribution < -0.4 is 10.6 Å². The maximum atomic E-state index is 12.6. The monoisotopic (exact) mass is 484 g/mol. The van der Waals surface area contributed by atoms with Crippen molar-refractivity contribution in [1.82, 2.24) is 9.55 Å². The van der Waals surface area contributed by atoms with E-state index in [-0.39, 0.29) is 5.91 Å². The van der Waals surface area contributed by atoms with Gasteiger partial charge in [-0.05, 0) is 54.4 Å². The Kier molecular flexibility index (Phi) is 7.75. The minimum atomic E-state index is -5.08. The van der Waals surface area contributed by atoms with Crippen LogP contribution in [0, 0.1) is 6.92 Å². The molecule has 0 aliphatic carbocycles. The predicted molar refractivity (Wildman–Crippen MR) is 128 cm³/mol. The number of aliphatic carboxylic acids is 1. The van der Waals surface area contributed by atoms with E-state index in [4.69, 9.17) is 9.90 Å². The van der Waals surface area contributed by atoms with E-state index in [1.54, 1.807) is 12.4 Å². The Hall–Kier alpha value is -4.34. The van der Waals surface area contributed by atoms with Crippen molar-refractivity contribution in [2.24, 2.45) is 7.05 Å². The number of benzene rings is 2. The van der Waals surface area contributed by atoms with Crippen LogP contribution in [0.2, 0.25) is 0 Å². The van der Waals surface area contributed by atoms with Crippen molar-refractivity contribution in [2.75, 3.05) is 10.6 Å². The van der Waals surface area contributed by atoms with Gasteiger partial charge in [0, 0.05) is 41.7 Å². The van der Waals surface area contributed by atoms with Crippen molar-refractivity contribution in [1.29, 1.82) is 0 Å². The zero-order chi connectivity index (χ0) is 25.6. The predicted octanol–water partition coefficient (Wildman–Crippen LogP) is 5.44. The highest BCUT2D eigenvalue weighted by Gasteiger charge is 2.38. The molecule has 0 saturated carbocycles. The second kappa shape index (κ2) is 10.7. The van der Waals surface area contributed by atoms with Crippen molar-refractivity contribution >= 4 is 39.8 Å². The second-order valence-electron chi connectivity index (χ2n) is 7.71. The van der Waals surface area contributed by atoms with Gasteiger partial charge in [0.25, 0.3) is 0 Å². The molecule has 0 spiro atoms. The SMILES string of the molecule is Cc1cc(NC(=O)Cc2cn(C)c3ccccc23)ccc1Nc1cccnc1.O=C(O)C(F)(F)F. The van der Waals surface area contributed by atoms with Crippen LogP contribution in [0.3, 0.4) is 0 Å². The molecule has 0 aliphatic rings. The molecule has 0 bridgehead atoms. The summed E-state index contributed by atoms with van der Waals surface area (Å²) in [5.41, 5.74) is 5.92. The fourth-order valence-corrected chi connectivity index (χ4v) is 3.42. The van der Waals surface area contributed by atoms with E-state index in [0.29, 0.717) is 6.42 Å². The molecule has 1 amide bonds. The summed E-state index contributed by atoms with van der Waals surface area (Å²) in [5.74, 6) is -2.78. The third-order valence-corrected chi connectivity index (χ3v) is 5.02. The number of carboxylic acids is 1. The van der Waals surface area contributed by atoms with Crippen LogP contribution in [0.15, 0.2) is 73.2 Å². The number of anilines is 3. The smallest absolute Gasteiger partial charge is 0.475 e. The lowest BCUT2D eigenvalue weighted by atomic mass is 10.1. The lowest BCUT2D eigenvalue weighted by Gasteiger charge is -2.12. The van der Waals surface area contributed by atoms with Gasteiger partial charge in [0.15, 0.2) is 0 Å². The van der Waals surface area contributed by atoms with E-state index >= 15 is 0 Å². The van der Waals surface area contributed by atoms with Crippen molar-refractivity contribution in [2.45, 2.75) is 19.5 Å².